The van der Waals surface area contributed by atoms with Crippen LogP contribution in [0.4, 0.5) is 0 Å². The molecule has 2 saturated carbocycles. The van der Waals surface area contributed by atoms with Crippen LogP contribution < -0.4 is 0 Å². The van der Waals surface area contributed by atoms with E-state index in [9.17, 15) is 0 Å². The first-order valence-corrected chi connectivity index (χ1v) is 7.71. The summed E-state index contributed by atoms with van der Waals surface area (Å²) in [5, 5.41) is 0. The topological polar surface area (TPSA) is 0 Å². The minimum atomic E-state index is 0.636. The molecule has 0 saturated heterocycles. The van der Waals surface area contributed by atoms with Crippen molar-refractivity contribution in [3.63, 3.8) is 0 Å². The van der Waals surface area contributed by atoms with E-state index in [2.05, 4.69) is 34.6 Å². The zero-order chi connectivity index (χ0) is 12.4. The summed E-state index contributed by atoms with van der Waals surface area (Å²) in [6.07, 6.45) is 5.89. The largest absolute Gasteiger partial charge is 0.0668 e. The fraction of sp³-hybridized carbons (Fsp3) is 0.882. The maximum atomic E-state index is 2.52. The van der Waals surface area contributed by atoms with E-state index in [4.69, 9.17) is 0 Å². The van der Waals surface area contributed by atoms with Crippen LogP contribution in [0, 0.1) is 35.0 Å². The molecule has 17 heavy (non-hydrogen) atoms. The van der Waals surface area contributed by atoms with Crippen molar-refractivity contribution < 1.29 is 0 Å². The highest BCUT2D eigenvalue weighted by Crippen LogP contribution is 2.73. The van der Waals surface area contributed by atoms with E-state index in [0.717, 1.165) is 29.6 Å². The Morgan fingerprint density at radius 3 is 2.35 bits per heavy atom. The molecule has 0 heterocycles. The third kappa shape index (κ3) is 1.36. The van der Waals surface area contributed by atoms with Gasteiger partial charge in [0, 0.05) is 0 Å². The van der Waals surface area contributed by atoms with E-state index in [1.807, 2.05) is 11.1 Å². The highest BCUT2D eigenvalue weighted by atomic mass is 14.7. The van der Waals surface area contributed by atoms with Gasteiger partial charge in [-0.15, -0.1) is 0 Å². The van der Waals surface area contributed by atoms with Crippen molar-refractivity contribution in [2.24, 2.45) is 35.0 Å². The molecule has 4 unspecified atom stereocenters. The molecule has 0 aromatic heterocycles. The Labute approximate surface area is 107 Å². The first kappa shape index (κ1) is 11.8. The quantitative estimate of drug-likeness (QED) is 0.584. The maximum Gasteiger partial charge on any atom is -0.00277 e. The Balaban J connectivity index is 1.96. The molecule has 0 nitrogen and oxygen atoms in total. The average Bonchev–Trinajstić information content (AvgIpc) is 2.85. The van der Waals surface area contributed by atoms with Crippen LogP contribution >= 0.6 is 0 Å². The summed E-state index contributed by atoms with van der Waals surface area (Å²) in [5.41, 5.74) is 4.36. The molecule has 96 valence electrons. The van der Waals surface area contributed by atoms with E-state index < -0.39 is 0 Å². The molecule has 3 rings (SSSR count). The summed E-state index contributed by atoms with van der Waals surface area (Å²) in [6, 6.07) is 0. The van der Waals surface area contributed by atoms with Crippen LogP contribution in [-0.2, 0) is 0 Å². The van der Waals surface area contributed by atoms with Gasteiger partial charge in [0.2, 0.25) is 0 Å². The second kappa shape index (κ2) is 3.62. The van der Waals surface area contributed by atoms with E-state index in [-0.39, 0.29) is 0 Å². The Bertz CT molecular complexity index is 362. The SMILES string of the molecule is CC1=C(C2CCCC2C)[C@@H](C)C2CC12C(C)C. The van der Waals surface area contributed by atoms with Crippen molar-refractivity contribution in [2.75, 3.05) is 0 Å². The Kier molecular flexibility index (Phi) is 2.51. The highest BCUT2D eigenvalue weighted by molar-refractivity contribution is 5.41. The van der Waals surface area contributed by atoms with Gasteiger partial charge in [-0.05, 0) is 54.8 Å². The van der Waals surface area contributed by atoms with Crippen LogP contribution in [0.3, 0.4) is 0 Å². The average molecular weight is 232 g/mol. The lowest BCUT2D eigenvalue weighted by molar-refractivity contribution is 0.379. The fourth-order valence-corrected chi connectivity index (χ4v) is 5.51. The molecule has 0 aromatic carbocycles. The molecule has 0 aromatic rings. The standard InChI is InChI=1S/C17H28/c1-10(2)17-9-15(17)12(4)16(13(17)5)14-8-6-7-11(14)3/h10-12,14-15H,6-9H2,1-5H3/t11?,12-,14?,15?,17?/m0/s1. The third-order valence-corrected chi connectivity index (χ3v) is 6.58. The molecule has 0 radical (unpaired) electrons. The smallest absolute Gasteiger partial charge is 0.00277 e. The molecule has 5 atom stereocenters. The zero-order valence-electron chi connectivity index (χ0n) is 12.2. The van der Waals surface area contributed by atoms with Crippen molar-refractivity contribution in [1.82, 2.24) is 0 Å². The molecule has 2 fully saturated rings. The predicted octanol–water partition coefficient (Wildman–Crippen LogP) is 5.05. The Morgan fingerprint density at radius 2 is 1.88 bits per heavy atom. The van der Waals surface area contributed by atoms with Crippen LogP contribution in [-0.4, -0.2) is 0 Å². The van der Waals surface area contributed by atoms with Crippen molar-refractivity contribution in [2.45, 2.75) is 60.3 Å². The van der Waals surface area contributed by atoms with Gasteiger partial charge in [-0.2, -0.15) is 0 Å². The fourth-order valence-electron chi connectivity index (χ4n) is 5.51. The molecule has 0 bridgehead atoms. The van der Waals surface area contributed by atoms with Crippen molar-refractivity contribution in [3.05, 3.63) is 11.1 Å². The summed E-state index contributed by atoms with van der Waals surface area (Å²) in [6.45, 7) is 12.4. The van der Waals surface area contributed by atoms with E-state index >= 15 is 0 Å². The minimum Gasteiger partial charge on any atom is -0.0668 e. The normalized spacial score (nSPS) is 49.1. The lowest BCUT2D eigenvalue weighted by atomic mass is 9.79. The molecular weight excluding hydrogens is 204 g/mol. The van der Waals surface area contributed by atoms with Crippen LogP contribution in [0.2, 0.25) is 0 Å². The summed E-state index contributed by atoms with van der Waals surface area (Å²) >= 11 is 0. The van der Waals surface area contributed by atoms with E-state index in [1.54, 1.807) is 0 Å². The van der Waals surface area contributed by atoms with Gasteiger partial charge >= 0.3 is 0 Å². The summed E-state index contributed by atoms with van der Waals surface area (Å²) in [4.78, 5) is 0. The predicted molar refractivity (Wildman–Crippen MR) is 73.7 cm³/mol. The number of allylic oxidation sites excluding steroid dienone is 2. The van der Waals surface area contributed by atoms with Gasteiger partial charge in [-0.3, -0.25) is 0 Å². The van der Waals surface area contributed by atoms with Gasteiger partial charge in [0.25, 0.3) is 0 Å². The third-order valence-electron chi connectivity index (χ3n) is 6.58. The highest BCUT2D eigenvalue weighted by Gasteiger charge is 2.64. The molecule has 0 spiro atoms. The second-order valence-corrected chi connectivity index (χ2v) is 7.39. The van der Waals surface area contributed by atoms with Gasteiger partial charge in [-0.25, -0.2) is 0 Å². The molecule has 3 aliphatic rings. The van der Waals surface area contributed by atoms with Crippen LogP contribution in [0.15, 0.2) is 11.1 Å². The maximum absolute atomic E-state index is 2.52. The molecule has 3 aliphatic carbocycles. The summed E-state index contributed by atoms with van der Waals surface area (Å²) in [5.74, 6) is 4.63. The van der Waals surface area contributed by atoms with Gasteiger partial charge in [0.15, 0.2) is 0 Å². The zero-order valence-corrected chi connectivity index (χ0v) is 12.2. The first-order valence-electron chi connectivity index (χ1n) is 7.71. The Hall–Kier alpha value is -0.260. The number of hydrogen-bond acceptors (Lipinski definition) is 0. The van der Waals surface area contributed by atoms with Crippen molar-refractivity contribution in [3.8, 4) is 0 Å². The molecule has 0 heteroatoms. The number of hydrogen-bond donors (Lipinski definition) is 0. The van der Waals surface area contributed by atoms with Gasteiger partial charge in [-0.1, -0.05) is 51.7 Å². The number of fused-ring (bicyclic) bond motifs is 1. The molecule has 0 N–H and O–H groups in total. The molecular formula is C17H28. The molecule has 0 aliphatic heterocycles. The Morgan fingerprint density at radius 1 is 1.18 bits per heavy atom. The van der Waals surface area contributed by atoms with Crippen LogP contribution in [0.25, 0.3) is 0 Å². The monoisotopic (exact) mass is 232 g/mol. The number of rotatable bonds is 2. The van der Waals surface area contributed by atoms with E-state index in [0.29, 0.717) is 5.41 Å². The first-order chi connectivity index (χ1) is 8.00. The van der Waals surface area contributed by atoms with Crippen LogP contribution in [0.1, 0.15) is 60.3 Å². The molecule has 0 amide bonds. The second-order valence-electron chi connectivity index (χ2n) is 7.39. The van der Waals surface area contributed by atoms with E-state index in [1.165, 1.54) is 25.7 Å². The van der Waals surface area contributed by atoms with Gasteiger partial charge in [0.05, 0.1) is 0 Å². The van der Waals surface area contributed by atoms with Crippen LogP contribution in [0.5, 0.6) is 0 Å². The van der Waals surface area contributed by atoms with Gasteiger partial charge in [0.1, 0.15) is 0 Å². The summed E-state index contributed by atoms with van der Waals surface area (Å²) in [7, 11) is 0. The summed E-state index contributed by atoms with van der Waals surface area (Å²) < 4.78 is 0. The lowest BCUT2D eigenvalue weighted by Crippen LogP contribution is -2.15. The minimum absolute atomic E-state index is 0.636. The lowest BCUT2D eigenvalue weighted by Gasteiger charge is -2.26. The van der Waals surface area contributed by atoms with Crippen molar-refractivity contribution in [1.29, 1.82) is 0 Å². The van der Waals surface area contributed by atoms with Gasteiger partial charge < -0.3 is 0 Å². The van der Waals surface area contributed by atoms with Crippen molar-refractivity contribution >= 4 is 0 Å².